The first-order chi connectivity index (χ1) is 47.0. The molecule has 8 atom stereocenters. The highest BCUT2D eigenvalue weighted by Crippen LogP contribution is 2.26. The van der Waals surface area contributed by atoms with Gasteiger partial charge in [-0.25, -0.2) is 4.98 Å². The topological polar surface area (TPSA) is 375 Å². The van der Waals surface area contributed by atoms with E-state index >= 15 is 19.2 Å². The van der Waals surface area contributed by atoms with Crippen LogP contribution in [0.4, 0.5) is 0 Å². The number of nitrogens with zero attached hydrogens (tertiary/aromatic N) is 5. The fraction of sp³-hybridized carbons (Fsp3) is 0.391. The molecule has 27 nitrogen and oxygen atoms in total. The Kier molecular flexibility index (Phi) is 24.8. The van der Waals surface area contributed by atoms with Gasteiger partial charge in [-0.05, 0) is 71.8 Å². The van der Waals surface area contributed by atoms with Crippen molar-refractivity contribution in [1.29, 1.82) is 0 Å². The summed E-state index contributed by atoms with van der Waals surface area (Å²) in [5.74, 6) is -7.26. The van der Waals surface area contributed by atoms with E-state index in [1.54, 1.807) is 49.8 Å². The molecule has 0 aliphatic carbocycles. The van der Waals surface area contributed by atoms with Gasteiger partial charge in [-0.2, -0.15) is 23.5 Å². The van der Waals surface area contributed by atoms with Crippen LogP contribution in [0.5, 0.6) is 5.75 Å². The second-order valence-electron chi connectivity index (χ2n) is 24.5. The number of carboxylic acid groups (broad SMARTS) is 1. The van der Waals surface area contributed by atoms with Crippen molar-refractivity contribution in [1.82, 2.24) is 66.1 Å². The summed E-state index contributed by atoms with van der Waals surface area (Å²) in [6.45, 7) is 1.06. The van der Waals surface area contributed by atoms with E-state index in [9.17, 15) is 38.7 Å². The number of aliphatic carboxylic acids is 1. The first-order valence-electron chi connectivity index (χ1n) is 32.1. The maximum absolute atomic E-state index is 15.3. The van der Waals surface area contributed by atoms with Crippen LogP contribution in [-0.4, -0.2) is 199 Å². The number of nitrogens with one attached hydrogen (secondary N) is 8. The van der Waals surface area contributed by atoms with Crippen LogP contribution in [0.25, 0.3) is 21.8 Å². The molecule has 1 unspecified atom stereocenters. The molecular formula is C69H82N14O13S2. The Labute approximate surface area is 574 Å². The van der Waals surface area contributed by atoms with Crippen LogP contribution in [0.1, 0.15) is 66.1 Å². The van der Waals surface area contributed by atoms with Crippen molar-refractivity contribution in [2.45, 2.75) is 118 Å². The Morgan fingerprint density at radius 3 is 2.05 bits per heavy atom. The Balaban J connectivity index is 1.06. The summed E-state index contributed by atoms with van der Waals surface area (Å²) in [4.78, 5) is 171. The molecule has 2 aliphatic rings. The van der Waals surface area contributed by atoms with Crippen molar-refractivity contribution < 1.29 is 62.6 Å². The Morgan fingerprint density at radius 1 is 0.684 bits per heavy atom. The fourth-order valence-corrected chi connectivity index (χ4v) is 14.0. The van der Waals surface area contributed by atoms with Gasteiger partial charge in [0, 0.05) is 129 Å². The molecule has 98 heavy (non-hydrogen) atoms. The first kappa shape index (κ1) is 72.1. The van der Waals surface area contributed by atoms with Crippen LogP contribution in [0.15, 0.2) is 122 Å². The number of H-pyrrole nitrogens is 2. The number of ether oxygens (including phenoxy) is 1. The summed E-state index contributed by atoms with van der Waals surface area (Å²) in [7, 11) is 6.06. The van der Waals surface area contributed by atoms with Crippen molar-refractivity contribution in [3.63, 3.8) is 0 Å². The number of thioether (sulfide) groups is 2. The molecule has 0 saturated carbocycles. The van der Waals surface area contributed by atoms with E-state index in [0.717, 1.165) is 32.4 Å². The summed E-state index contributed by atoms with van der Waals surface area (Å²) in [6, 6.07) is 17.9. The molecule has 10 amide bonds. The lowest BCUT2D eigenvalue weighted by Gasteiger charge is -2.31. The highest BCUT2D eigenvalue weighted by Gasteiger charge is 2.41. The van der Waals surface area contributed by atoms with Gasteiger partial charge in [0.15, 0.2) is 0 Å². The van der Waals surface area contributed by atoms with Gasteiger partial charge in [-0.3, -0.25) is 52.7 Å². The van der Waals surface area contributed by atoms with Crippen LogP contribution in [0, 0.1) is 0 Å². The largest absolute Gasteiger partial charge is 0.497 e. The number of methoxy groups -OCH3 is 1. The summed E-state index contributed by atoms with van der Waals surface area (Å²) in [5, 5.41) is 28.2. The van der Waals surface area contributed by atoms with Gasteiger partial charge in [0.1, 0.15) is 54.1 Å². The quantitative estimate of drug-likeness (QED) is 0.0840. The van der Waals surface area contributed by atoms with Crippen LogP contribution < -0.4 is 42.4 Å². The minimum absolute atomic E-state index is 0.0712. The third-order valence-corrected chi connectivity index (χ3v) is 19.5. The van der Waals surface area contributed by atoms with E-state index in [1.165, 1.54) is 74.0 Å². The molecule has 1 saturated heterocycles. The Hall–Kier alpha value is -10.2. The number of amides is 10. The minimum atomic E-state index is -1.93. The second-order valence-corrected chi connectivity index (χ2v) is 26.7. The molecule has 11 N–H and O–H groups in total. The molecule has 4 aromatic carbocycles. The number of primary amides is 1. The monoisotopic (exact) mass is 1380 g/mol. The molecule has 2 bridgehead atoms. The van der Waals surface area contributed by atoms with Gasteiger partial charge in [0.05, 0.1) is 26.4 Å². The number of aromatic amines is 2. The lowest BCUT2D eigenvalue weighted by molar-refractivity contribution is -0.144. The van der Waals surface area contributed by atoms with E-state index in [0.29, 0.717) is 57.2 Å². The summed E-state index contributed by atoms with van der Waals surface area (Å²) in [6.07, 6.45) is 5.03. The third-order valence-electron chi connectivity index (χ3n) is 17.4. The van der Waals surface area contributed by atoms with Crippen molar-refractivity contribution in [2.75, 3.05) is 45.8 Å². The van der Waals surface area contributed by atoms with Gasteiger partial charge in [-0.15, -0.1) is 0 Å². The molecule has 0 spiro atoms. The van der Waals surface area contributed by atoms with Crippen molar-refractivity contribution in [3.05, 3.63) is 155 Å². The third kappa shape index (κ3) is 18.9. The summed E-state index contributed by atoms with van der Waals surface area (Å²) >= 11 is 2.86. The Bertz CT molecular complexity index is 4050. The standard InChI is InChI=1S/C69H82N14O13S2/c1-40-68(94)81(3)35-60(85)82(4)58(29-44-32-72-50-16-8-6-14-48(44)50)67(93)77-51(28-45-34-80(2)56-17-9-7-15-49(45)56)63(89)76-53(31-61(86)87)65(91)75-52(30-46-33-71-39-73-46)64(90)78-54(27-41-19-21-47(96-5)22-20-41)69(95)83-24-11-18-57(83)66(92)79-55(62(70)88)38-98-37-43-13-10-12-42(26-43)36-97-25-23-59(84)74-40/h6-10,12-17,19-22,26,32-34,39-40,51-55,57-58,72H,11,18,23-25,27-31,35-38H2,1-5H3,(H2,70,88)(H,71,73)(H,74,84)(H,75,91)(H,76,89)(H,77,93)(H,78,90)(H,79,92)(H,86,87)/t40-,51-,52-,53-,54-,55-,57-,58?/m0/s1. The lowest BCUT2D eigenvalue weighted by atomic mass is 10.0. The predicted molar refractivity (Wildman–Crippen MR) is 369 cm³/mol. The van der Waals surface area contributed by atoms with Crippen LogP contribution in [0.3, 0.4) is 0 Å². The normalized spacial score (nSPS) is 22.5. The second kappa shape index (κ2) is 33.7. The number of hydrogen-bond donors (Lipinski definition) is 10. The van der Waals surface area contributed by atoms with E-state index in [-0.39, 0.29) is 50.8 Å². The van der Waals surface area contributed by atoms with Gasteiger partial charge in [-0.1, -0.05) is 72.8 Å². The molecule has 7 aromatic rings. The maximum atomic E-state index is 15.3. The molecule has 2 aliphatic heterocycles. The smallest absolute Gasteiger partial charge is 0.305 e. The van der Waals surface area contributed by atoms with Gasteiger partial charge in [0.2, 0.25) is 59.1 Å². The number of aryl methyl sites for hydroxylation is 1. The number of aromatic nitrogens is 4. The molecule has 518 valence electrons. The molecule has 1 fully saturated rings. The number of fused-ring (bicyclic) bond motifs is 5. The zero-order valence-corrected chi connectivity index (χ0v) is 56.7. The number of carbonyl (C=O) groups is 11. The van der Waals surface area contributed by atoms with Gasteiger partial charge < -0.3 is 76.7 Å². The maximum Gasteiger partial charge on any atom is 0.305 e. The Morgan fingerprint density at radius 2 is 1.35 bits per heavy atom. The van der Waals surface area contributed by atoms with Gasteiger partial charge >= 0.3 is 5.97 Å². The van der Waals surface area contributed by atoms with Crippen LogP contribution >= 0.6 is 23.5 Å². The van der Waals surface area contributed by atoms with Crippen LogP contribution in [0.2, 0.25) is 0 Å². The van der Waals surface area contributed by atoms with E-state index < -0.39 is 126 Å². The summed E-state index contributed by atoms with van der Waals surface area (Å²) in [5.41, 5.74) is 11.3. The molecule has 9 rings (SSSR count). The number of imidazole rings is 1. The SMILES string of the molecule is COc1ccc(C[C@@H]2NC(=O)[C@H](Cc3cnc[nH]3)NC(=O)[C@H](CC(=O)O)NC(=O)[C@H](Cc3cn(C)c4ccccc34)NC(=O)C(Cc3c[nH]c4ccccc34)N(C)C(=O)CN(C)C(=O)[C@H](C)NC(=O)CCSCc3cccc(c3)CSC[C@@H](C(N)=O)NC(=O)[C@@H]3CCCN3C2=O)cc1. The van der Waals surface area contributed by atoms with E-state index in [2.05, 4.69) is 46.9 Å². The highest BCUT2D eigenvalue weighted by molar-refractivity contribution is 7.98. The number of carbonyl (C=O) groups excluding carboxylic acids is 10. The van der Waals surface area contributed by atoms with E-state index in [4.69, 9.17) is 10.5 Å². The molecule has 5 heterocycles. The number of hydrogen-bond acceptors (Lipinski definition) is 15. The average Bonchev–Trinajstić information content (AvgIpc) is 1.63. The molecule has 0 radical (unpaired) electrons. The molecule has 3 aromatic heterocycles. The number of likely N-dealkylation sites (N-methyl/N-ethyl adjacent to an activating group) is 2. The van der Waals surface area contributed by atoms with Crippen molar-refractivity contribution in [2.24, 2.45) is 12.8 Å². The molecule has 29 heteroatoms. The average molecular weight is 1380 g/mol. The molecular weight excluding hydrogens is 1300 g/mol. The number of para-hydroxylation sites is 2. The number of nitrogens with two attached hydrogens (primary N) is 1. The number of carboxylic acids is 1. The highest BCUT2D eigenvalue weighted by atomic mass is 32.2. The zero-order chi connectivity index (χ0) is 70.2. The minimum Gasteiger partial charge on any atom is -0.497 e. The number of rotatable bonds is 12. The first-order valence-corrected chi connectivity index (χ1v) is 34.4. The summed E-state index contributed by atoms with van der Waals surface area (Å²) < 4.78 is 7.20. The van der Waals surface area contributed by atoms with Crippen LogP contribution in [-0.2, 0) is 97.0 Å². The number of benzene rings is 4. The predicted octanol–water partition coefficient (Wildman–Crippen LogP) is 2.40. The van der Waals surface area contributed by atoms with Crippen molar-refractivity contribution in [3.8, 4) is 5.75 Å². The lowest BCUT2D eigenvalue weighted by Crippen LogP contribution is -2.61. The zero-order valence-electron chi connectivity index (χ0n) is 55.0. The van der Waals surface area contributed by atoms with Crippen molar-refractivity contribution >= 4 is 110 Å². The van der Waals surface area contributed by atoms with Gasteiger partial charge in [0.25, 0.3) is 0 Å². The van der Waals surface area contributed by atoms with E-state index in [1.807, 2.05) is 71.3 Å². The fourth-order valence-electron chi connectivity index (χ4n) is 12.1.